The molecule has 0 radical (unpaired) electrons. The van der Waals surface area contributed by atoms with Gasteiger partial charge in [0.25, 0.3) is 16.1 Å². The Hall–Kier alpha value is -3.60. The van der Waals surface area contributed by atoms with Crippen molar-refractivity contribution in [2.75, 3.05) is 63.8 Å². The van der Waals surface area contributed by atoms with Gasteiger partial charge in [-0.15, -0.1) is 0 Å². The van der Waals surface area contributed by atoms with Crippen LogP contribution >= 0.6 is 0 Å². The molecule has 1 N–H and O–H groups in total. The van der Waals surface area contributed by atoms with E-state index in [0.717, 1.165) is 58.4 Å². The highest BCUT2D eigenvalue weighted by atomic mass is 32.2. The number of hydrogen-bond acceptors (Lipinski definition) is 10. The van der Waals surface area contributed by atoms with Crippen molar-refractivity contribution in [2.24, 2.45) is 11.3 Å². The molecule has 1 aromatic carbocycles. The molecule has 0 aliphatic carbocycles. The van der Waals surface area contributed by atoms with E-state index in [1.807, 2.05) is 48.5 Å². The SMILES string of the molecule is CC(C)N(C(=O)c1cc(F)ccc1Oc1cncnc1N1CC2(CCN(CC3CCN(S(=O)(=O)N4CCC(NC(=O)OC(C)(C)C)CC4)CC3)CC2)C1)C(C)C. The molecule has 0 bridgehead atoms. The molecule has 2 aromatic rings. The second-order valence-electron chi connectivity index (χ2n) is 17.7. The van der Waals surface area contributed by atoms with Gasteiger partial charge in [-0.2, -0.15) is 17.0 Å². The van der Waals surface area contributed by atoms with Gasteiger partial charge in [-0.25, -0.2) is 19.2 Å². The van der Waals surface area contributed by atoms with Crippen LogP contribution < -0.4 is 15.0 Å². The molecule has 14 nitrogen and oxygen atoms in total. The van der Waals surface area contributed by atoms with Crippen LogP contribution in [0.3, 0.4) is 0 Å². The van der Waals surface area contributed by atoms with Crippen LogP contribution in [-0.2, 0) is 14.9 Å². The smallest absolute Gasteiger partial charge is 0.407 e. The molecule has 16 heteroatoms. The number of anilines is 1. The summed E-state index contributed by atoms with van der Waals surface area (Å²) in [5.74, 6) is 0.995. The summed E-state index contributed by atoms with van der Waals surface area (Å²) in [6.45, 7) is 19.7. The number of carbonyl (C=O) groups excluding carboxylic acids is 2. The molecular formula is C40H61FN8O6S. The van der Waals surface area contributed by atoms with Crippen LogP contribution in [-0.4, -0.2) is 131 Å². The molecule has 5 heterocycles. The second kappa shape index (κ2) is 17.1. The van der Waals surface area contributed by atoms with Crippen molar-refractivity contribution < 1.29 is 31.9 Å². The molecule has 2 amide bonds. The molecular weight excluding hydrogens is 740 g/mol. The molecule has 0 atom stereocenters. The van der Waals surface area contributed by atoms with Crippen LogP contribution in [0.1, 0.15) is 97.3 Å². The topological polar surface area (TPSA) is 141 Å². The van der Waals surface area contributed by atoms with Crippen LogP contribution in [0.4, 0.5) is 15.0 Å². The largest absolute Gasteiger partial charge is 0.451 e. The number of hydrogen-bond donors (Lipinski definition) is 1. The van der Waals surface area contributed by atoms with E-state index < -0.39 is 27.7 Å². The Kier molecular flexibility index (Phi) is 12.8. The first kappa shape index (κ1) is 42.0. The third kappa shape index (κ3) is 9.91. The predicted molar refractivity (Wildman–Crippen MR) is 212 cm³/mol. The Morgan fingerprint density at radius 3 is 2.14 bits per heavy atom. The standard InChI is InChI=1S/C40H61FN8O6S/c1-28(2)49(29(3)4)37(50)33-22-31(41)8-9-34(33)54-35-23-42-27-43-36(35)46-25-40(26-46)14-20-45(21-15-40)24-30-10-16-47(17-11-30)56(52,53)48-18-12-32(13-19-48)44-38(51)55-39(5,6)7/h8-9,22-23,27-30,32H,10-21,24-26H2,1-7H3,(H,44,51). The van der Waals surface area contributed by atoms with Crippen molar-refractivity contribution in [3.63, 3.8) is 0 Å². The van der Waals surface area contributed by atoms with Gasteiger partial charge in [-0.1, -0.05) is 0 Å². The molecule has 6 rings (SSSR count). The number of alkyl carbamates (subject to hydrolysis) is 1. The molecule has 0 saturated carbocycles. The van der Waals surface area contributed by atoms with Gasteiger partial charge in [0.15, 0.2) is 11.6 Å². The maximum absolute atomic E-state index is 14.4. The monoisotopic (exact) mass is 800 g/mol. The first-order valence-electron chi connectivity index (χ1n) is 20.3. The number of carbonyl (C=O) groups is 2. The number of rotatable bonds is 11. The second-order valence-corrected chi connectivity index (χ2v) is 19.6. The Labute approximate surface area is 332 Å². The first-order valence-corrected chi connectivity index (χ1v) is 21.6. The zero-order valence-corrected chi connectivity index (χ0v) is 35.0. The highest BCUT2D eigenvalue weighted by molar-refractivity contribution is 7.86. The molecule has 4 saturated heterocycles. The van der Waals surface area contributed by atoms with E-state index in [-0.39, 0.29) is 40.8 Å². The summed E-state index contributed by atoms with van der Waals surface area (Å²) in [6, 6.07) is 3.77. The van der Waals surface area contributed by atoms with Crippen molar-refractivity contribution in [2.45, 2.75) is 111 Å². The molecule has 1 spiro atoms. The summed E-state index contributed by atoms with van der Waals surface area (Å²) in [5, 5.41) is 2.88. The first-order chi connectivity index (χ1) is 26.4. The van der Waals surface area contributed by atoms with Gasteiger partial charge in [0.05, 0.1) is 11.8 Å². The number of likely N-dealkylation sites (tertiary alicyclic amines) is 1. The lowest BCUT2D eigenvalue weighted by Crippen LogP contribution is -2.61. The summed E-state index contributed by atoms with van der Waals surface area (Å²) in [7, 11) is -3.55. The van der Waals surface area contributed by atoms with Crippen molar-refractivity contribution in [1.29, 1.82) is 0 Å². The number of nitrogens with zero attached hydrogens (tertiary/aromatic N) is 7. The van der Waals surface area contributed by atoms with Crippen LogP contribution in [0.2, 0.25) is 0 Å². The molecule has 4 fully saturated rings. The van der Waals surface area contributed by atoms with E-state index in [1.165, 1.54) is 24.5 Å². The van der Waals surface area contributed by atoms with Crippen LogP contribution in [0.5, 0.6) is 11.5 Å². The number of benzene rings is 1. The van der Waals surface area contributed by atoms with Gasteiger partial charge in [0.1, 0.15) is 23.5 Å². The summed E-state index contributed by atoms with van der Waals surface area (Å²) < 4.78 is 56.3. The van der Waals surface area contributed by atoms with Gasteiger partial charge in [-0.3, -0.25) is 4.79 Å². The minimum Gasteiger partial charge on any atom is -0.451 e. The molecule has 56 heavy (non-hydrogen) atoms. The molecule has 310 valence electrons. The number of halogens is 1. The van der Waals surface area contributed by atoms with Crippen LogP contribution in [0.15, 0.2) is 30.7 Å². The summed E-state index contributed by atoms with van der Waals surface area (Å²) in [6.07, 6.45) is 7.57. The number of piperidine rings is 3. The van der Waals surface area contributed by atoms with E-state index in [4.69, 9.17) is 9.47 Å². The van der Waals surface area contributed by atoms with E-state index in [1.54, 1.807) is 19.7 Å². The minimum atomic E-state index is -3.55. The Balaban J connectivity index is 0.959. The highest BCUT2D eigenvalue weighted by Crippen LogP contribution is 2.45. The van der Waals surface area contributed by atoms with Gasteiger partial charge in [0.2, 0.25) is 0 Å². The van der Waals surface area contributed by atoms with Crippen molar-refractivity contribution in [1.82, 2.24) is 33.7 Å². The molecule has 4 aliphatic rings. The lowest BCUT2D eigenvalue weighted by molar-refractivity contribution is 0.0487. The highest BCUT2D eigenvalue weighted by Gasteiger charge is 2.46. The zero-order valence-electron chi connectivity index (χ0n) is 34.2. The van der Waals surface area contributed by atoms with E-state index in [9.17, 15) is 22.4 Å². The van der Waals surface area contributed by atoms with Gasteiger partial charge in [-0.05, 0) is 124 Å². The van der Waals surface area contributed by atoms with E-state index in [0.29, 0.717) is 56.5 Å². The predicted octanol–water partition coefficient (Wildman–Crippen LogP) is 5.52. The quantitative estimate of drug-likeness (QED) is 0.309. The lowest BCUT2D eigenvalue weighted by atomic mass is 9.72. The van der Waals surface area contributed by atoms with Gasteiger partial charge in [0, 0.05) is 69.4 Å². The molecule has 1 aromatic heterocycles. The lowest BCUT2D eigenvalue weighted by Gasteiger charge is -2.54. The summed E-state index contributed by atoms with van der Waals surface area (Å²) >= 11 is 0. The van der Waals surface area contributed by atoms with Crippen LogP contribution in [0.25, 0.3) is 0 Å². The third-order valence-corrected chi connectivity index (χ3v) is 13.6. The van der Waals surface area contributed by atoms with Gasteiger partial charge < -0.3 is 29.5 Å². The number of ether oxygens (including phenoxy) is 2. The Bertz CT molecular complexity index is 1780. The van der Waals surface area contributed by atoms with Crippen molar-refractivity contribution in [3.05, 3.63) is 42.1 Å². The maximum Gasteiger partial charge on any atom is 0.407 e. The van der Waals surface area contributed by atoms with Crippen molar-refractivity contribution >= 4 is 28.0 Å². The van der Waals surface area contributed by atoms with E-state index >= 15 is 0 Å². The summed E-state index contributed by atoms with van der Waals surface area (Å²) in [4.78, 5) is 41.0. The fraction of sp³-hybridized carbons (Fsp3) is 0.700. The average Bonchev–Trinajstić information content (AvgIpc) is 3.11. The Morgan fingerprint density at radius 2 is 1.55 bits per heavy atom. The minimum absolute atomic E-state index is 0.0761. The summed E-state index contributed by atoms with van der Waals surface area (Å²) in [5.41, 5.74) is -0.240. The Morgan fingerprint density at radius 1 is 0.946 bits per heavy atom. The van der Waals surface area contributed by atoms with E-state index in [2.05, 4.69) is 25.1 Å². The average molecular weight is 801 g/mol. The normalized spacial score (nSPS) is 20.6. The fourth-order valence-electron chi connectivity index (χ4n) is 8.70. The van der Waals surface area contributed by atoms with Crippen LogP contribution in [0, 0.1) is 17.2 Å². The third-order valence-electron chi connectivity index (χ3n) is 11.6. The fourth-order valence-corrected chi connectivity index (χ4v) is 10.4. The number of nitrogens with one attached hydrogen (secondary N) is 1. The van der Waals surface area contributed by atoms with Gasteiger partial charge >= 0.3 is 6.09 Å². The zero-order chi connectivity index (χ0) is 40.4. The molecule has 0 unspecified atom stereocenters. The number of amides is 2. The molecule has 4 aliphatic heterocycles. The maximum atomic E-state index is 14.4. The van der Waals surface area contributed by atoms with Crippen molar-refractivity contribution in [3.8, 4) is 11.5 Å². The number of aromatic nitrogens is 2.